The first-order chi connectivity index (χ1) is 8.27. The predicted octanol–water partition coefficient (Wildman–Crippen LogP) is 3.20. The Bertz CT molecular complexity index is 326. The third-order valence-electron chi connectivity index (χ3n) is 2.77. The van der Waals surface area contributed by atoms with Crippen LogP contribution in [0.15, 0.2) is 12.1 Å². The van der Waals surface area contributed by atoms with Crippen LogP contribution in [0.2, 0.25) is 0 Å². The molecule has 0 amide bonds. The lowest BCUT2D eigenvalue weighted by Gasteiger charge is -2.10. The van der Waals surface area contributed by atoms with Gasteiger partial charge in [0.2, 0.25) is 0 Å². The molecule has 3 heteroatoms. The minimum atomic E-state index is 0.437. The van der Waals surface area contributed by atoms with Gasteiger partial charge in [0.15, 0.2) is 0 Å². The number of ether oxygens (including phenoxy) is 1. The van der Waals surface area contributed by atoms with Crippen LogP contribution in [0.3, 0.4) is 0 Å². The zero-order valence-electron chi connectivity index (χ0n) is 11.0. The zero-order valence-corrected chi connectivity index (χ0v) is 11.0. The van der Waals surface area contributed by atoms with E-state index in [4.69, 9.17) is 10.5 Å². The molecule has 1 heterocycles. The first kappa shape index (κ1) is 14.0. The van der Waals surface area contributed by atoms with Crippen molar-refractivity contribution in [1.82, 2.24) is 4.98 Å². The third kappa shape index (κ3) is 5.18. The van der Waals surface area contributed by atoms with E-state index in [1.165, 1.54) is 25.7 Å². The van der Waals surface area contributed by atoms with Gasteiger partial charge in [-0.05, 0) is 25.5 Å². The van der Waals surface area contributed by atoms with Gasteiger partial charge in [-0.2, -0.15) is 0 Å². The van der Waals surface area contributed by atoms with Crippen LogP contribution >= 0.6 is 0 Å². The Morgan fingerprint density at radius 2 is 1.94 bits per heavy atom. The Labute approximate surface area is 104 Å². The smallest absolute Gasteiger partial charge is 0.142 e. The zero-order chi connectivity index (χ0) is 12.5. The number of aryl methyl sites for hydroxylation is 1. The lowest BCUT2D eigenvalue weighted by Crippen LogP contribution is -2.06. The van der Waals surface area contributed by atoms with Gasteiger partial charge in [0.25, 0.3) is 0 Å². The first-order valence-corrected chi connectivity index (χ1v) is 6.57. The van der Waals surface area contributed by atoms with Gasteiger partial charge in [-0.25, -0.2) is 0 Å². The molecule has 0 bridgehead atoms. The molecule has 0 unspecified atom stereocenters. The van der Waals surface area contributed by atoms with Gasteiger partial charge in [-0.1, -0.05) is 32.6 Å². The molecular weight excluding hydrogens is 212 g/mol. The fraction of sp³-hybridized carbons (Fsp3) is 0.643. The van der Waals surface area contributed by atoms with Crippen molar-refractivity contribution in [3.63, 3.8) is 0 Å². The third-order valence-corrected chi connectivity index (χ3v) is 2.77. The maximum atomic E-state index is 5.72. The summed E-state index contributed by atoms with van der Waals surface area (Å²) in [4.78, 5) is 4.37. The molecule has 0 aliphatic carbocycles. The molecule has 0 spiro atoms. The largest absolute Gasteiger partial charge is 0.492 e. The van der Waals surface area contributed by atoms with Crippen LogP contribution in [0, 0.1) is 6.92 Å². The minimum Gasteiger partial charge on any atom is -0.492 e. The Kier molecular flexibility index (Phi) is 6.63. The van der Waals surface area contributed by atoms with Crippen LogP contribution in [0.5, 0.6) is 5.75 Å². The Hall–Kier alpha value is -1.09. The van der Waals surface area contributed by atoms with Crippen LogP contribution in [-0.4, -0.2) is 11.6 Å². The number of nitrogens with two attached hydrogens (primary N) is 1. The molecule has 1 aromatic heterocycles. The molecule has 0 atom stereocenters. The molecule has 17 heavy (non-hydrogen) atoms. The second kappa shape index (κ2) is 8.07. The number of nitrogens with zero attached hydrogens (tertiary/aromatic N) is 1. The lowest BCUT2D eigenvalue weighted by molar-refractivity contribution is 0.300. The summed E-state index contributed by atoms with van der Waals surface area (Å²) in [6.07, 6.45) is 6.25. The van der Waals surface area contributed by atoms with E-state index in [0.717, 1.165) is 30.2 Å². The van der Waals surface area contributed by atoms with Crippen molar-refractivity contribution in [2.75, 3.05) is 6.61 Å². The van der Waals surface area contributed by atoms with E-state index in [1.807, 2.05) is 19.1 Å². The van der Waals surface area contributed by atoms with E-state index >= 15 is 0 Å². The summed E-state index contributed by atoms with van der Waals surface area (Å²) in [6, 6.07) is 3.93. The molecule has 0 fully saturated rings. The maximum absolute atomic E-state index is 5.72. The van der Waals surface area contributed by atoms with Crippen LogP contribution < -0.4 is 10.5 Å². The number of aromatic nitrogens is 1. The monoisotopic (exact) mass is 236 g/mol. The Morgan fingerprint density at radius 3 is 2.65 bits per heavy atom. The summed E-state index contributed by atoms with van der Waals surface area (Å²) < 4.78 is 5.72. The fourth-order valence-electron chi connectivity index (χ4n) is 1.76. The number of rotatable bonds is 8. The molecule has 0 saturated carbocycles. The highest BCUT2D eigenvalue weighted by atomic mass is 16.5. The molecule has 1 rings (SSSR count). The predicted molar refractivity (Wildman–Crippen MR) is 71.1 cm³/mol. The highest BCUT2D eigenvalue weighted by Gasteiger charge is 2.03. The number of hydrogen-bond acceptors (Lipinski definition) is 3. The maximum Gasteiger partial charge on any atom is 0.142 e. The van der Waals surface area contributed by atoms with Crippen LogP contribution in [0.25, 0.3) is 0 Å². The number of hydrogen-bond donors (Lipinski definition) is 1. The quantitative estimate of drug-likeness (QED) is 0.705. The first-order valence-electron chi connectivity index (χ1n) is 6.57. The van der Waals surface area contributed by atoms with Gasteiger partial charge < -0.3 is 10.5 Å². The lowest BCUT2D eigenvalue weighted by atomic mass is 10.2. The molecule has 0 saturated heterocycles. The molecule has 2 N–H and O–H groups in total. The Balaban J connectivity index is 2.31. The van der Waals surface area contributed by atoms with Crippen LogP contribution in [0.1, 0.15) is 50.4 Å². The molecular formula is C14H24N2O. The van der Waals surface area contributed by atoms with Crippen molar-refractivity contribution in [1.29, 1.82) is 0 Å². The average Bonchev–Trinajstić information content (AvgIpc) is 2.35. The highest BCUT2D eigenvalue weighted by Crippen LogP contribution is 2.16. The highest BCUT2D eigenvalue weighted by molar-refractivity contribution is 5.28. The summed E-state index contributed by atoms with van der Waals surface area (Å²) in [5.74, 6) is 0.841. The summed E-state index contributed by atoms with van der Waals surface area (Å²) in [7, 11) is 0. The van der Waals surface area contributed by atoms with E-state index in [2.05, 4.69) is 11.9 Å². The average molecular weight is 236 g/mol. The minimum absolute atomic E-state index is 0.437. The van der Waals surface area contributed by atoms with Gasteiger partial charge in [0.05, 0.1) is 12.3 Å². The molecule has 0 aliphatic rings. The van der Waals surface area contributed by atoms with Gasteiger partial charge in [0, 0.05) is 12.2 Å². The Morgan fingerprint density at radius 1 is 1.18 bits per heavy atom. The van der Waals surface area contributed by atoms with Crippen LogP contribution in [-0.2, 0) is 6.54 Å². The molecule has 0 radical (unpaired) electrons. The van der Waals surface area contributed by atoms with Crippen molar-refractivity contribution in [2.45, 2.75) is 52.5 Å². The van der Waals surface area contributed by atoms with E-state index in [9.17, 15) is 0 Å². The van der Waals surface area contributed by atoms with Gasteiger partial charge in [0.1, 0.15) is 5.75 Å². The van der Waals surface area contributed by atoms with Crippen LogP contribution in [0.4, 0.5) is 0 Å². The van der Waals surface area contributed by atoms with Crippen molar-refractivity contribution in [3.05, 3.63) is 23.5 Å². The van der Waals surface area contributed by atoms with Gasteiger partial charge in [-0.15, -0.1) is 0 Å². The summed E-state index contributed by atoms with van der Waals surface area (Å²) in [6.45, 7) is 5.39. The molecule has 0 aromatic carbocycles. The second-order valence-electron chi connectivity index (χ2n) is 4.36. The van der Waals surface area contributed by atoms with E-state index in [0.29, 0.717) is 6.54 Å². The van der Waals surface area contributed by atoms with E-state index in [1.54, 1.807) is 0 Å². The molecule has 96 valence electrons. The summed E-state index contributed by atoms with van der Waals surface area (Å²) in [5.41, 5.74) is 7.49. The topological polar surface area (TPSA) is 48.1 Å². The van der Waals surface area contributed by atoms with Crippen molar-refractivity contribution < 1.29 is 4.74 Å². The SMILES string of the molecule is CCCCCCCOc1ccc(C)nc1CN. The standard InChI is InChI=1S/C14H24N2O/c1-3-4-5-6-7-10-17-14-9-8-12(2)16-13(14)11-15/h8-9H,3-7,10-11,15H2,1-2H3. The fourth-order valence-corrected chi connectivity index (χ4v) is 1.76. The van der Waals surface area contributed by atoms with Crippen molar-refractivity contribution >= 4 is 0 Å². The van der Waals surface area contributed by atoms with E-state index < -0.39 is 0 Å². The van der Waals surface area contributed by atoms with Gasteiger partial charge in [-0.3, -0.25) is 4.98 Å². The number of pyridine rings is 1. The summed E-state index contributed by atoms with van der Waals surface area (Å²) >= 11 is 0. The second-order valence-corrected chi connectivity index (χ2v) is 4.36. The van der Waals surface area contributed by atoms with Crippen molar-refractivity contribution in [3.8, 4) is 5.75 Å². The molecule has 1 aromatic rings. The molecule has 3 nitrogen and oxygen atoms in total. The number of unbranched alkanes of at least 4 members (excludes halogenated alkanes) is 4. The molecule has 0 aliphatic heterocycles. The normalized spacial score (nSPS) is 10.5. The summed E-state index contributed by atoms with van der Waals surface area (Å²) in [5, 5.41) is 0. The van der Waals surface area contributed by atoms with E-state index in [-0.39, 0.29) is 0 Å². The van der Waals surface area contributed by atoms with Gasteiger partial charge >= 0.3 is 0 Å². The van der Waals surface area contributed by atoms with Crippen molar-refractivity contribution in [2.24, 2.45) is 5.73 Å².